The lowest BCUT2D eigenvalue weighted by Crippen LogP contribution is -2.47. The van der Waals surface area contributed by atoms with Gasteiger partial charge in [0.25, 0.3) is 0 Å². The van der Waals surface area contributed by atoms with Crippen LogP contribution in [0.1, 0.15) is 37.6 Å². The van der Waals surface area contributed by atoms with Crippen molar-refractivity contribution in [3.8, 4) is 11.5 Å². The van der Waals surface area contributed by atoms with E-state index in [0.717, 1.165) is 0 Å². The van der Waals surface area contributed by atoms with Crippen LogP contribution >= 0.6 is 0 Å². The predicted octanol–water partition coefficient (Wildman–Crippen LogP) is 4.01. The summed E-state index contributed by atoms with van der Waals surface area (Å²) in [5, 5.41) is 13.0. The molecule has 0 heterocycles. The normalized spacial score (nSPS) is 12.6. The SMILES string of the molecule is C=CCOC(=O)N[C@@H](CC(=O)OC(C)(C)C)C(O)COC(=O)c1cccc(Oc2ccccc2)c1. The van der Waals surface area contributed by atoms with Gasteiger partial charge in [-0.3, -0.25) is 4.79 Å². The minimum absolute atomic E-state index is 0.0581. The first-order valence-electron chi connectivity index (χ1n) is 11.0. The highest BCUT2D eigenvalue weighted by Crippen LogP contribution is 2.22. The van der Waals surface area contributed by atoms with Crippen molar-refractivity contribution in [3.63, 3.8) is 0 Å². The molecule has 0 saturated heterocycles. The van der Waals surface area contributed by atoms with Crippen LogP contribution in [0, 0.1) is 0 Å². The molecule has 0 bridgehead atoms. The summed E-state index contributed by atoms with van der Waals surface area (Å²) < 4.78 is 21.0. The molecular formula is C26H31NO8. The van der Waals surface area contributed by atoms with Gasteiger partial charge in [-0.2, -0.15) is 0 Å². The average Bonchev–Trinajstić information content (AvgIpc) is 2.80. The van der Waals surface area contributed by atoms with Gasteiger partial charge in [0, 0.05) is 0 Å². The van der Waals surface area contributed by atoms with Crippen LogP contribution in [-0.4, -0.2) is 54.1 Å². The molecule has 2 atom stereocenters. The van der Waals surface area contributed by atoms with Crippen molar-refractivity contribution in [2.45, 2.75) is 44.9 Å². The molecule has 2 aromatic rings. The molecule has 35 heavy (non-hydrogen) atoms. The minimum Gasteiger partial charge on any atom is -0.460 e. The first kappa shape index (κ1) is 27.4. The van der Waals surface area contributed by atoms with Crippen LogP contribution in [0.5, 0.6) is 11.5 Å². The lowest BCUT2D eigenvalue weighted by atomic mass is 10.1. The minimum atomic E-state index is -1.41. The second-order valence-corrected chi connectivity index (χ2v) is 8.54. The Balaban J connectivity index is 2.01. The molecule has 2 aromatic carbocycles. The van der Waals surface area contributed by atoms with Gasteiger partial charge >= 0.3 is 18.0 Å². The summed E-state index contributed by atoms with van der Waals surface area (Å²) in [6.07, 6.45) is -1.27. The van der Waals surface area contributed by atoms with E-state index >= 15 is 0 Å². The molecule has 0 aliphatic rings. The third kappa shape index (κ3) is 10.3. The Morgan fingerprint density at radius 2 is 1.71 bits per heavy atom. The van der Waals surface area contributed by atoms with Crippen LogP contribution in [-0.2, 0) is 19.0 Å². The number of amides is 1. The van der Waals surface area contributed by atoms with Gasteiger partial charge in [-0.15, -0.1) is 0 Å². The maximum atomic E-state index is 12.5. The van der Waals surface area contributed by atoms with E-state index in [-0.39, 0.29) is 18.6 Å². The fourth-order valence-corrected chi connectivity index (χ4v) is 2.85. The Hall–Kier alpha value is -3.85. The van der Waals surface area contributed by atoms with Crippen molar-refractivity contribution >= 4 is 18.0 Å². The summed E-state index contributed by atoms with van der Waals surface area (Å²) in [4.78, 5) is 36.8. The standard InChI is InChI=1S/C26H31NO8/c1-5-14-32-25(31)27-21(16-23(29)35-26(2,3)4)22(28)17-33-24(30)18-10-9-13-20(15-18)34-19-11-7-6-8-12-19/h5-13,15,21-22,28H,1,14,16-17H2,2-4H3,(H,27,31)/t21-,22?/m0/s1. The van der Waals surface area contributed by atoms with Crippen molar-refractivity contribution in [2.24, 2.45) is 0 Å². The van der Waals surface area contributed by atoms with Crippen LogP contribution < -0.4 is 10.1 Å². The van der Waals surface area contributed by atoms with Gasteiger partial charge in [0.05, 0.1) is 18.0 Å². The van der Waals surface area contributed by atoms with Crippen LogP contribution in [0.3, 0.4) is 0 Å². The number of alkyl carbamates (subject to hydrolysis) is 1. The number of hydrogen-bond acceptors (Lipinski definition) is 8. The summed E-state index contributed by atoms with van der Waals surface area (Å²) in [6.45, 7) is 7.98. The van der Waals surface area contributed by atoms with Gasteiger partial charge < -0.3 is 29.4 Å². The maximum Gasteiger partial charge on any atom is 0.407 e. The molecule has 1 unspecified atom stereocenters. The van der Waals surface area contributed by atoms with E-state index in [0.29, 0.717) is 11.5 Å². The number of benzene rings is 2. The Kier molecular flexibility index (Phi) is 10.3. The molecule has 188 valence electrons. The number of carbonyl (C=O) groups is 3. The largest absolute Gasteiger partial charge is 0.460 e. The molecule has 9 nitrogen and oxygen atoms in total. The third-order valence-electron chi connectivity index (χ3n) is 4.34. The molecule has 1 amide bonds. The zero-order chi connectivity index (χ0) is 25.8. The number of esters is 2. The van der Waals surface area contributed by atoms with Crippen LogP contribution in [0.15, 0.2) is 67.3 Å². The summed E-state index contributed by atoms with van der Waals surface area (Å²) in [6, 6.07) is 14.3. The van der Waals surface area contributed by atoms with Crippen molar-refractivity contribution < 1.29 is 38.4 Å². The highest BCUT2D eigenvalue weighted by Gasteiger charge is 2.28. The Bertz CT molecular complexity index is 1000. The van der Waals surface area contributed by atoms with Gasteiger partial charge in [-0.25, -0.2) is 9.59 Å². The van der Waals surface area contributed by atoms with Crippen molar-refractivity contribution in [3.05, 3.63) is 72.8 Å². The molecule has 0 aliphatic carbocycles. The molecule has 2 N–H and O–H groups in total. The molecule has 0 aliphatic heterocycles. The van der Waals surface area contributed by atoms with Gasteiger partial charge in [0.2, 0.25) is 0 Å². The molecule has 0 aromatic heterocycles. The van der Waals surface area contributed by atoms with Crippen LogP contribution in [0.25, 0.3) is 0 Å². The number of aliphatic hydroxyl groups excluding tert-OH is 1. The van der Waals surface area contributed by atoms with E-state index in [1.54, 1.807) is 45.0 Å². The molecular weight excluding hydrogens is 454 g/mol. The molecule has 0 fully saturated rings. The Labute approximate surface area is 204 Å². The summed E-state index contributed by atoms with van der Waals surface area (Å²) >= 11 is 0. The number of nitrogens with one attached hydrogen (secondary N) is 1. The highest BCUT2D eigenvalue weighted by atomic mass is 16.6. The number of ether oxygens (including phenoxy) is 4. The fraction of sp³-hybridized carbons (Fsp3) is 0.346. The lowest BCUT2D eigenvalue weighted by Gasteiger charge is -2.25. The molecule has 9 heteroatoms. The van der Waals surface area contributed by atoms with Crippen LogP contribution in [0.4, 0.5) is 4.79 Å². The smallest absolute Gasteiger partial charge is 0.407 e. The number of rotatable bonds is 11. The molecule has 2 rings (SSSR count). The average molecular weight is 486 g/mol. The number of para-hydroxylation sites is 1. The summed E-state index contributed by atoms with van der Waals surface area (Å²) in [5.41, 5.74) is -0.553. The van der Waals surface area contributed by atoms with E-state index in [2.05, 4.69) is 11.9 Å². The van der Waals surface area contributed by atoms with Gasteiger partial charge in [-0.05, 0) is 51.1 Å². The third-order valence-corrected chi connectivity index (χ3v) is 4.34. The zero-order valence-electron chi connectivity index (χ0n) is 20.1. The van der Waals surface area contributed by atoms with E-state index in [9.17, 15) is 19.5 Å². The van der Waals surface area contributed by atoms with Crippen molar-refractivity contribution in [2.75, 3.05) is 13.2 Å². The first-order chi connectivity index (χ1) is 16.6. The number of carbonyl (C=O) groups excluding carboxylic acids is 3. The van der Waals surface area contributed by atoms with E-state index in [1.165, 1.54) is 18.2 Å². The second-order valence-electron chi connectivity index (χ2n) is 8.54. The molecule has 0 radical (unpaired) electrons. The quantitative estimate of drug-likeness (QED) is 0.278. The molecule has 0 spiro atoms. The predicted molar refractivity (Wildman–Crippen MR) is 128 cm³/mol. The zero-order valence-corrected chi connectivity index (χ0v) is 20.1. The van der Waals surface area contributed by atoms with Gasteiger partial charge in [0.1, 0.15) is 36.4 Å². The summed E-state index contributed by atoms with van der Waals surface area (Å²) in [5.74, 6) is -0.330. The van der Waals surface area contributed by atoms with Crippen molar-refractivity contribution in [1.29, 1.82) is 0 Å². The maximum absolute atomic E-state index is 12.5. The van der Waals surface area contributed by atoms with Gasteiger partial charge in [0.15, 0.2) is 0 Å². The lowest BCUT2D eigenvalue weighted by molar-refractivity contribution is -0.156. The first-order valence-corrected chi connectivity index (χ1v) is 11.0. The highest BCUT2D eigenvalue weighted by molar-refractivity contribution is 5.89. The van der Waals surface area contributed by atoms with Crippen LogP contribution in [0.2, 0.25) is 0 Å². The number of hydrogen-bond donors (Lipinski definition) is 2. The van der Waals surface area contributed by atoms with Gasteiger partial charge in [-0.1, -0.05) is 36.9 Å². The Morgan fingerprint density at radius 1 is 1.03 bits per heavy atom. The fourth-order valence-electron chi connectivity index (χ4n) is 2.85. The van der Waals surface area contributed by atoms with E-state index < -0.39 is 42.4 Å². The second kappa shape index (κ2) is 13.1. The Morgan fingerprint density at radius 3 is 2.37 bits per heavy atom. The topological polar surface area (TPSA) is 120 Å². The van der Waals surface area contributed by atoms with E-state index in [1.807, 2.05) is 18.2 Å². The summed E-state index contributed by atoms with van der Waals surface area (Å²) in [7, 11) is 0. The number of aliphatic hydroxyl groups is 1. The van der Waals surface area contributed by atoms with Crippen molar-refractivity contribution in [1.82, 2.24) is 5.32 Å². The molecule has 0 saturated carbocycles. The monoisotopic (exact) mass is 485 g/mol. The van der Waals surface area contributed by atoms with E-state index in [4.69, 9.17) is 18.9 Å².